The number of carbonyl (C=O) groups excluding carboxylic acids is 1. The van der Waals surface area contributed by atoms with Gasteiger partial charge in [-0.05, 0) is 43.3 Å². The average Bonchev–Trinajstić information content (AvgIpc) is 2.84. The van der Waals surface area contributed by atoms with Gasteiger partial charge < -0.3 is 5.11 Å². The van der Waals surface area contributed by atoms with Gasteiger partial charge in [0.25, 0.3) is 5.91 Å². The number of carbonyl (C=O) groups is 1. The second-order valence-electron chi connectivity index (χ2n) is 4.93. The molecule has 0 atom stereocenters. The van der Waals surface area contributed by atoms with Crippen molar-refractivity contribution in [1.82, 2.24) is 0 Å². The van der Waals surface area contributed by atoms with Crippen LogP contribution in [0.15, 0.2) is 47.6 Å². The molecule has 2 aromatic rings. The molecule has 1 aliphatic rings. The molecule has 1 aliphatic heterocycles. The van der Waals surface area contributed by atoms with Gasteiger partial charge in [-0.25, -0.2) is 5.01 Å². The number of anilines is 1. The lowest BCUT2D eigenvalue weighted by molar-refractivity contribution is -0.116. The van der Waals surface area contributed by atoms with E-state index in [0.29, 0.717) is 22.0 Å². The molecule has 106 valence electrons. The quantitative estimate of drug-likeness (QED) is 0.923. The van der Waals surface area contributed by atoms with Gasteiger partial charge in [0, 0.05) is 10.6 Å². The Morgan fingerprint density at radius 3 is 2.62 bits per heavy atom. The van der Waals surface area contributed by atoms with E-state index in [-0.39, 0.29) is 18.1 Å². The molecule has 0 bridgehead atoms. The van der Waals surface area contributed by atoms with Crippen LogP contribution in [0.5, 0.6) is 5.75 Å². The predicted octanol–water partition coefficient (Wildman–Crippen LogP) is 3.50. The van der Waals surface area contributed by atoms with E-state index in [1.54, 1.807) is 30.3 Å². The Balaban J connectivity index is 1.99. The lowest BCUT2D eigenvalue weighted by Gasteiger charge is -2.11. The number of benzene rings is 2. The Morgan fingerprint density at radius 1 is 1.19 bits per heavy atom. The Morgan fingerprint density at radius 2 is 1.90 bits per heavy atom. The minimum atomic E-state index is -0.131. The Hall–Kier alpha value is -2.33. The summed E-state index contributed by atoms with van der Waals surface area (Å²) in [6.07, 6.45) is 0.166. The Bertz CT molecular complexity index is 738. The zero-order valence-electron chi connectivity index (χ0n) is 11.4. The van der Waals surface area contributed by atoms with E-state index in [2.05, 4.69) is 5.10 Å². The lowest BCUT2D eigenvalue weighted by atomic mass is 10.0. The van der Waals surface area contributed by atoms with Crippen LogP contribution in [0.25, 0.3) is 0 Å². The van der Waals surface area contributed by atoms with Crippen LogP contribution in [-0.2, 0) is 4.79 Å². The van der Waals surface area contributed by atoms with E-state index in [1.165, 1.54) is 5.01 Å². The van der Waals surface area contributed by atoms with Gasteiger partial charge in [-0.2, -0.15) is 5.10 Å². The minimum Gasteiger partial charge on any atom is -0.507 e. The zero-order valence-corrected chi connectivity index (χ0v) is 12.1. The Labute approximate surface area is 127 Å². The summed E-state index contributed by atoms with van der Waals surface area (Å²) >= 11 is 5.85. The zero-order chi connectivity index (χ0) is 15.0. The summed E-state index contributed by atoms with van der Waals surface area (Å²) in [5.41, 5.74) is 2.82. The average molecular weight is 301 g/mol. The second-order valence-corrected chi connectivity index (χ2v) is 5.36. The van der Waals surface area contributed by atoms with Crippen LogP contribution >= 0.6 is 11.6 Å². The first kappa shape index (κ1) is 13.6. The standard InChI is InChI=1S/C16H13ClN2O2/c1-10-2-7-15(20)13(8-10)14-9-16(21)19(18-14)12-5-3-11(17)4-6-12/h2-8,20H,9H2,1H3. The first-order valence-electron chi connectivity index (χ1n) is 6.50. The third-order valence-electron chi connectivity index (χ3n) is 3.31. The number of aryl methyl sites for hydroxylation is 1. The highest BCUT2D eigenvalue weighted by Crippen LogP contribution is 2.27. The van der Waals surface area contributed by atoms with Gasteiger partial charge in [0.15, 0.2) is 0 Å². The van der Waals surface area contributed by atoms with Crippen molar-refractivity contribution in [2.45, 2.75) is 13.3 Å². The molecule has 0 radical (unpaired) electrons. The highest BCUT2D eigenvalue weighted by Gasteiger charge is 2.27. The number of rotatable bonds is 2. The molecule has 0 saturated carbocycles. The molecule has 1 N–H and O–H groups in total. The van der Waals surface area contributed by atoms with Gasteiger partial charge in [-0.15, -0.1) is 0 Å². The topological polar surface area (TPSA) is 52.9 Å². The smallest absolute Gasteiger partial charge is 0.253 e. The highest BCUT2D eigenvalue weighted by molar-refractivity contribution is 6.30. The van der Waals surface area contributed by atoms with E-state index < -0.39 is 0 Å². The molecule has 5 heteroatoms. The summed E-state index contributed by atoms with van der Waals surface area (Å²) < 4.78 is 0. The fourth-order valence-electron chi connectivity index (χ4n) is 2.24. The minimum absolute atomic E-state index is 0.130. The monoisotopic (exact) mass is 300 g/mol. The van der Waals surface area contributed by atoms with Crippen molar-refractivity contribution in [2.75, 3.05) is 5.01 Å². The van der Waals surface area contributed by atoms with Crippen LogP contribution in [0.4, 0.5) is 5.69 Å². The van der Waals surface area contributed by atoms with Gasteiger partial charge in [0.1, 0.15) is 5.75 Å². The number of hydrogen-bond acceptors (Lipinski definition) is 3. The maximum absolute atomic E-state index is 12.1. The molecule has 0 fully saturated rings. The van der Waals surface area contributed by atoms with Crippen molar-refractivity contribution in [3.05, 3.63) is 58.6 Å². The van der Waals surface area contributed by atoms with Crippen LogP contribution in [0.3, 0.4) is 0 Å². The van der Waals surface area contributed by atoms with E-state index in [0.717, 1.165) is 5.56 Å². The maximum atomic E-state index is 12.1. The molecule has 0 spiro atoms. The normalized spacial score (nSPS) is 14.5. The molecule has 3 rings (SSSR count). The predicted molar refractivity (Wildman–Crippen MR) is 82.9 cm³/mol. The molecule has 0 aliphatic carbocycles. The summed E-state index contributed by atoms with van der Waals surface area (Å²) in [7, 11) is 0. The van der Waals surface area contributed by atoms with E-state index in [4.69, 9.17) is 11.6 Å². The summed E-state index contributed by atoms with van der Waals surface area (Å²) in [5.74, 6) is -0.00154. The number of amides is 1. The van der Waals surface area contributed by atoms with Gasteiger partial charge in [-0.3, -0.25) is 4.79 Å². The number of phenols is 1. The number of hydrogen-bond donors (Lipinski definition) is 1. The molecule has 0 unspecified atom stereocenters. The van der Waals surface area contributed by atoms with Crippen LogP contribution in [0.1, 0.15) is 17.5 Å². The molecular formula is C16H13ClN2O2. The van der Waals surface area contributed by atoms with Crippen LogP contribution in [0.2, 0.25) is 5.02 Å². The molecule has 1 amide bonds. The third-order valence-corrected chi connectivity index (χ3v) is 3.56. The van der Waals surface area contributed by atoms with Crippen molar-refractivity contribution < 1.29 is 9.90 Å². The fourth-order valence-corrected chi connectivity index (χ4v) is 2.37. The SMILES string of the molecule is Cc1ccc(O)c(C2=NN(c3ccc(Cl)cc3)C(=O)C2)c1. The summed E-state index contributed by atoms with van der Waals surface area (Å²) in [6.45, 7) is 1.93. The number of hydrazone groups is 1. The Kier molecular flexibility index (Phi) is 3.39. The maximum Gasteiger partial charge on any atom is 0.253 e. The molecule has 0 saturated heterocycles. The van der Waals surface area contributed by atoms with Gasteiger partial charge in [0.05, 0.1) is 17.8 Å². The fraction of sp³-hybridized carbons (Fsp3) is 0.125. The molecule has 4 nitrogen and oxygen atoms in total. The molecule has 0 aromatic heterocycles. The van der Waals surface area contributed by atoms with E-state index in [9.17, 15) is 9.90 Å². The molecule has 1 heterocycles. The lowest BCUT2D eigenvalue weighted by Crippen LogP contribution is -2.19. The van der Waals surface area contributed by atoms with Crippen molar-refractivity contribution in [3.63, 3.8) is 0 Å². The van der Waals surface area contributed by atoms with Crippen molar-refractivity contribution in [2.24, 2.45) is 5.10 Å². The number of phenolic OH excluding ortho intramolecular Hbond substituents is 1. The van der Waals surface area contributed by atoms with Crippen molar-refractivity contribution >= 4 is 28.9 Å². The second kappa shape index (κ2) is 5.22. The van der Waals surface area contributed by atoms with Gasteiger partial charge in [-0.1, -0.05) is 23.2 Å². The van der Waals surface area contributed by atoms with Crippen molar-refractivity contribution in [3.8, 4) is 5.75 Å². The van der Waals surface area contributed by atoms with Crippen molar-refractivity contribution in [1.29, 1.82) is 0 Å². The molecule has 2 aromatic carbocycles. The van der Waals surface area contributed by atoms with Crippen LogP contribution < -0.4 is 5.01 Å². The van der Waals surface area contributed by atoms with Crippen LogP contribution in [-0.4, -0.2) is 16.7 Å². The molecule has 21 heavy (non-hydrogen) atoms. The van der Waals surface area contributed by atoms with Gasteiger partial charge >= 0.3 is 0 Å². The number of nitrogens with zero attached hydrogens (tertiary/aromatic N) is 2. The van der Waals surface area contributed by atoms with E-state index >= 15 is 0 Å². The van der Waals surface area contributed by atoms with E-state index in [1.807, 2.05) is 19.1 Å². The third kappa shape index (κ3) is 2.62. The van der Waals surface area contributed by atoms with Gasteiger partial charge in [0.2, 0.25) is 0 Å². The van der Waals surface area contributed by atoms with Crippen LogP contribution in [0, 0.1) is 6.92 Å². The summed E-state index contributed by atoms with van der Waals surface area (Å²) in [6, 6.07) is 12.2. The highest BCUT2D eigenvalue weighted by atomic mass is 35.5. The molecular weight excluding hydrogens is 288 g/mol. The number of aromatic hydroxyl groups is 1. The largest absolute Gasteiger partial charge is 0.507 e. The first-order valence-corrected chi connectivity index (χ1v) is 6.88. The summed E-state index contributed by atoms with van der Waals surface area (Å²) in [4.78, 5) is 12.1. The first-order chi connectivity index (χ1) is 10.0. The summed E-state index contributed by atoms with van der Waals surface area (Å²) in [5, 5.41) is 16.2. The number of halogens is 1.